The van der Waals surface area contributed by atoms with Crippen molar-refractivity contribution in [2.75, 3.05) is 0 Å². The maximum Gasteiger partial charge on any atom is 0.320 e. The van der Waals surface area contributed by atoms with Crippen LogP contribution in [0.4, 0.5) is 0 Å². The molecule has 0 radical (unpaired) electrons. The van der Waals surface area contributed by atoms with Crippen LogP contribution in [0.5, 0.6) is 0 Å². The van der Waals surface area contributed by atoms with Crippen LogP contribution < -0.4 is 0 Å². The Balaban J connectivity index is 0.000000330. The quantitative estimate of drug-likeness (QED) is 0.172. The van der Waals surface area contributed by atoms with Crippen molar-refractivity contribution in [3.63, 3.8) is 0 Å². The van der Waals surface area contributed by atoms with Gasteiger partial charge in [0.2, 0.25) is 0 Å². The molecule has 2 saturated heterocycles. The second-order valence-corrected chi connectivity index (χ2v) is 28.3. The predicted octanol–water partition coefficient (Wildman–Crippen LogP) is 7.29. The minimum Gasteiger partial charge on any atom is -0.459 e. The van der Waals surface area contributed by atoms with Crippen LogP contribution in [-0.2, 0) is 40.3 Å². The molecule has 3 rings (SSSR count). The molecule has 0 spiro atoms. The zero-order valence-corrected chi connectivity index (χ0v) is 32.2. The van der Waals surface area contributed by atoms with Crippen molar-refractivity contribution in [2.45, 2.75) is 144 Å². The minimum absolute atomic E-state index is 0.0214. The van der Waals surface area contributed by atoms with Gasteiger partial charge < -0.3 is 25.9 Å². The first-order valence-electron chi connectivity index (χ1n) is 15.3. The van der Waals surface area contributed by atoms with Gasteiger partial charge in [-0.2, -0.15) is 0 Å². The highest BCUT2D eigenvalue weighted by atomic mass is 28.5. The van der Waals surface area contributed by atoms with Gasteiger partial charge in [-0.25, -0.2) is 0 Å². The molecule has 0 aromatic rings. The lowest BCUT2D eigenvalue weighted by Gasteiger charge is -2.49. The van der Waals surface area contributed by atoms with E-state index in [-0.39, 0.29) is 29.3 Å². The van der Waals surface area contributed by atoms with Crippen molar-refractivity contribution in [1.29, 1.82) is 0 Å². The third-order valence-electron chi connectivity index (χ3n) is 8.11. The Morgan fingerprint density at radius 1 is 0.805 bits per heavy atom. The Bertz CT molecular complexity index is 863. The van der Waals surface area contributed by atoms with Gasteiger partial charge in [-0.1, -0.05) is 48.0 Å². The normalized spacial score (nSPS) is 28.8. The van der Waals surface area contributed by atoms with Crippen LogP contribution >= 0.6 is 0 Å². The van der Waals surface area contributed by atoms with Crippen LogP contribution in [-0.4, -0.2) is 57.8 Å². The van der Waals surface area contributed by atoms with E-state index in [0.717, 1.165) is 25.7 Å². The molecule has 0 bridgehead atoms. The average molecular weight is 651 g/mol. The van der Waals surface area contributed by atoms with Gasteiger partial charge in [0.1, 0.15) is 5.60 Å². The van der Waals surface area contributed by atoms with Gasteiger partial charge in [-0.3, -0.25) is 14.4 Å². The minimum atomic E-state index is -2.26. The maximum atomic E-state index is 11.5. The standard InChI is InChI=1S/C11H30O4Si4.C11H20O2.C6H8O3/c1-10-11(2)19(9)14-17(5,6)12-16(3,4)13-18(7,8)15-19;1-4-9(2)10(12)13-11(3)7-5-6-8-11;1-3-4(2)6(8)9-5(3)7/h11H,10H2,1-9H3;9H,4-8H2,1-3H3;3-4H,1-2H3. The fourth-order valence-electron chi connectivity index (χ4n) is 5.24. The van der Waals surface area contributed by atoms with Gasteiger partial charge in [-0.05, 0) is 90.4 Å². The summed E-state index contributed by atoms with van der Waals surface area (Å²) in [6.07, 6.45) is 6.41. The van der Waals surface area contributed by atoms with Crippen molar-refractivity contribution in [3.8, 4) is 0 Å². The fourth-order valence-corrected chi connectivity index (χ4v) is 27.0. The highest BCUT2D eigenvalue weighted by Gasteiger charge is 2.54. The summed E-state index contributed by atoms with van der Waals surface area (Å²) in [7, 11) is -8.80. The molecule has 4 atom stereocenters. The highest BCUT2D eigenvalue weighted by molar-refractivity contribution is 6.93. The topological polar surface area (TPSA) is 107 Å². The second kappa shape index (κ2) is 14.9. The molecule has 0 aromatic heterocycles. The molecule has 9 nitrogen and oxygen atoms in total. The number of rotatable bonds is 5. The molecule has 0 N–H and O–H groups in total. The summed E-state index contributed by atoms with van der Waals surface area (Å²) >= 11 is 0. The molecule has 0 aromatic carbocycles. The number of ether oxygens (including phenoxy) is 2. The van der Waals surface area contributed by atoms with Gasteiger partial charge in [-0.15, -0.1) is 0 Å². The molecule has 13 heteroatoms. The molecule has 3 aliphatic rings. The summed E-state index contributed by atoms with van der Waals surface area (Å²) in [5.74, 6) is -1.26. The molecule has 3 fully saturated rings. The van der Waals surface area contributed by atoms with Gasteiger partial charge in [0.15, 0.2) is 0 Å². The molecule has 41 heavy (non-hydrogen) atoms. The van der Waals surface area contributed by atoms with Gasteiger partial charge in [0.25, 0.3) is 0 Å². The largest absolute Gasteiger partial charge is 0.459 e. The zero-order valence-electron chi connectivity index (χ0n) is 28.2. The lowest BCUT2D eigenvalue weighted by Crippen LogP contribution is -2.66. The van der Waals surface area contributed by atoms with E-state index in [9.17, 15) is 14.4 Å². The van der Waals surface area contributed by atoms with E-state index in [1.165, 1.54) is 12.8 Å². The second-order valence-electron chi connectivity index (χ2n) is 13.6. The van der Waals surface area contributed by atoms with Crippen molar-refractivity contribution < 1.29 is 40.3 Å². The molecule has 1 saturated carbocycles. The number of carbonyl (C=O) groups is 3. The van der Waals surface area contributed by atoms with Crippen LogP contribution in [0.1, 0.15) is 87.0 Å². The van der Waals surface area contributed by atoms with Crippen LogP contribution in [0.2, 0.25) is 51.4 Å². The van der Waals surface area contributed by atoms with Crippen LogP contribution in [0.15, 0.2) is 0 Å². The number of hydrogen-bond acceptors (Lipinski definition) is 9. The van der Waals surface area contributed by atoms with Crippen LogP contribution in [0.25, 0.3) is 0 Å². The van der Waals surface area contributed by atoms with E-state index in [1.807, 2.05) is 13.8 Å². The monoisotopic (exact) mass is 650 g/mol. The summed E-state index contributed by atoms with van der Waals surface area (Å²) in [6, 6.07) is 0. The lowest BCUT2D eigenvalue weighted by molar-refractivity contribution is -0.162. The Morgan fingerprint density at radius 3 is 1.51 bits per heavy atom. The first kappa shape index (κ1) is 38.3. The van der Waals surface area contributed by atoms with E-state index < -0.39 is 46.2 Å². The first-order valence-corrected chi connectivity index (χ1v) is 26.1. The summed E-state index contributed by atoms with van der Waals surface area (Å²) in [5, 5.41) is 0. The Labute approximate surface area is 253 Å². The van der Waals surface area contributed by atoms with E-state index in [2.05, 4.69) is 71.3 Å². The summed E-state index contributed by atoms with van der Waals surface area (Å²) < 4.78 is 35.5. The molecule has 1 aliphatic carbocycles. The predicted molar refractivity (Wildman–Crippen MR) is 170 cm³/mol. The van der Waals surface area contributed by atoms with E-state index in [1.54, 1.807) is 13.8 Å². The fraction of sp³-hybridized carbons (Fsp3) is 0.893. The molecular formula is C28H58O9Si4. The molecule has 4 unspecified atom stereocenters. The van der Waals surface area contributed by atoms with Gasteiger partial charge in [0, 0.05) is 0 Å². The van der Waals surface area contributed by atoms with E-state index >= 15 is 0 Å². The van der Waals surface area contributed by atoms with E-state index in [4.69, 9.17) is 21.2 Å². The van der Waals surface area contributed by atoms with Crippen molar-refractivity contribution in [3.05, 3.63) is 0 Å². The van der Waals surface area contributed by atoms with E-state index in [0.29, 0.717) is 5.54 Å². The van der Waals surface area contributed by atoms with Crippen LogP contribution in [0.3, 0.4) is 0 Å². The average Bonchev–Trinajstić information content (AvgIpc) is 3.33. The third-order valence-corrected chi connectivity index (χ3v) is 25.3. The smallest absolute Gasteiger partial charge is 0.320 e. The number of esters is 3. The van der Waals surface area contributed by atoms with Crippen molar-refractivity contribution in [2.24, 2.45) is 17.8 Å². The SMILES string of the molecule is CC1C(=O)OC(=O)C1C.CCC(C)C(=O)OC1(C)CCCC1.CCC(C)[Si]1(C)O[Si](C)(C)O[Si](C)(C)O[Si](C)(C)O1. The van der Waals surface area contributed by atoms with Crippen molar-refractivity contribution >= 4 is 52.2 Å². The Hall–Kier alpha value is -0.682. The Morgan fingerprint density at radius 2 is 1.20 bits per heavy atom. The number of carbonyl (C=O) groups excluding carboxylic acids is 3. The zero-order chi connectivity index (χ0) is 32.0. The van der Waals surface area contributed by atoms with Gasteiger partial charge >= 0.3 is 52.2 Å². The molecular weight excluding hydrogens is 593 g/mol. The van der Waals surface area contributed by atoms with Crippen LogP contribution in [0, 0.1) is 17.8 Å². The van der Waals surface area contributed by atoms with Crippen molar-refractivity contribution in [1.82, 2.24) is 0 Å². The summed E-state index contributed by atoms with van der Waals surface area (Å²) in [6.45, 7) is 28.6. The highest BCUT2D eigenvalue weighted by Crippen LogP contribution is 2.37. The lowest BCUT2D eigenvalue weighted by atomic mass is 10.00. The summed E-state index contributed by atoms with van der Waals surface area (Å²) in [5.41, 5.74) is 0.293. The first-order chi connectivity index (χ1) is 18.5. The van der Waals surface area contributed by atoms with Gasteiger partial charge in [0.05, 0.1) is 17.8 Å². The molecule has 2 heterocycles. The number of hydrogen-bond donors (Lipinski definition) is 0. The molecule has 240 valence electrons. The summed E-state index contributed by atoms with van der Waals surface area (Å²) in [4.78, 5) is 32.6. The third kappa shape index (κ3) is 12.1. The molecule has 2 aliphatic heterocycles. The number of cyclic esters (lactones) is 2. The molecule has 0 amide bonds. The Kier molecular flexibility index (Phi) is 13.9. The maximum absolute atomic E-state index is 11.5.